The van der Waals surface area contributed by atoms with E-state index in [0.717, 1.165) is 5.75 Å². The number of nitrogens with two attached hydrogens (primary N) is 1. The standard InChI is InChI=1S/C13H18N2O2S/c1-13(2)8-15(6-7-18-13)12(17)9-4-3-5-10(14)11(9)16/h3-5,16H,6-8,14H2,1-2H3. The molecule has 98 valence electrons. The zero-order valence-corrected chi connectivity index (χ0v) is 11.5. The van der Waals surface area contributed by atoms with E-state index in [2.05, 4.69) is 13.8 Å². The summed E-state index contributed by atoms with van der Waals surface area (Å²) in [7, 11) is 0. The van der Waals surface area contributed by atoms with Gasteiger partial charge in [-0.2, -0.15) is 11.8 Å². The Hall–Kier alpha value is -1.36. The van der Waals surface area contributed by atoms with Gasteiger partial charge in [-0.1, -0.05) is 6.07 Å². The maximum absolute atomic E-state index is 12.4. The third kappa shape index (κ3) is 2.56. The molecule has 1 aliphatic heterocycles. The van der Waals surface area contributed by atoms with Crippen LogP contribution in [-0.4, -0.2) is 39.5 Å². The number of rotatable bonds is 1. The summed E-state index contributed by atoms with van der Waals surface area (Å²) in [5.41, 5.74) is 6.15. The molecule has 18 heavy (non-hydrogen) atoms. The summed E-state index contributed by atoms with van der Waals surface area (Å²) >= 11 is 1.86. The Balaban J connectivity index is 2.23. The molecular formula is C13H18N2O2S. The topological polar surface area (TPSA) is 66.6 Å². The van der Waals surface area contributed by atoms with Gasteiger partial charge in [-0.05, 0) is 26.0 Å². The van der Waals surface area contributed by atoms with Crippen molar-refractivity contribution in [2.75, 3.05) is 24.6 Å². The minimum absolute atomic E-state index is 0.0594. The smallest absolute Gasteiger partial charge is 0.257 e. The van der Waals surface area contributed by atoms with Gasteiger partial charge in [-0.15, -0.1) is 0 Å². The fraction of sp³-hybridized carbons (Fsp3) is 0.462. The van der Waals surface area contributed by atoms with Crippen LogP contribution in [0.1, 0.15) is 24.2 Å². The zero-order chi connectivity index (χ0) is 13.3. The number of phenolic OH excluding ortho intramolecular Hbond substituents is 1. The number of phenols is 1. The van der Waals surface area contributed by atoms with Crippen LogP contribution in [0.2, 0.25) is 0 Å². The molecule has 0 atom stereocenters. The number of nitrogen functional groups attached to an aromatic ring is 1. The number of aromatic hydroxyl groups is 1. The minimum Gasteiger partial charge on any atom is -0.505 e. The van der Waals surface area contributed by atoms with Crippen molar-refractivity contribution in [2.45, 2.75) is 18.6 Å². The summed E-state index contributed by atoms with van der Waals surface area (Å²) in [4.78, 5) is 14.1. The van der Waals surface area contributed by atoms with Crippen LogP contribution < -0.4 is 5.73 Å². The van der Waals surface area contributed by atoms with Crippen molar-refractivity contribution in [2.24, 2.45) is 0 Å². The Labute approximate surface area is 111 Å². The Morgan fingerprint density at radius 2 is 2.22 bits per heavy atom. The molecular weight excluding hydrogens is 248 g/mol. The molecule has 1 fully saturated rings. The van der Waals surface area contributed by atoms with Crippen LogP contribution in [0.4, 0.5) is 5.69 Å². The second kappa shape index (κ2) is 4.72. The number of carbonyl (C=O) groups is 1. The van der Waals surface area contributed by atoms with Crippen LogP contribution in [0.3, 0.4) is 0 Å². The Bertz CT molecular complexity index is 474. The van der Waals surface area contributed by atoms with Gasteiger partial charge in [-0.3, -0.25) is 4.79 Å². The van der Waals surface area contributed by atoms with E-state index in [4.69, 9.17) is 5.73 Å². The number of nitrogens with zero attached hydrogens (tertiary/aromatic N) is 1. The molecule has 1 aliphatic rings. The van der Waals surface area contributed by atoms with Crippen LogP contribution in [0.5, 0.6) is 5.75 Å². The molecule has 2 rings (SSSR count). The number of para-hydroxylation sites is 1. The average Bonchev–Trinajstić information content (AvgIpc) is 2.30. The highest BCUT2D eigenvalue weighted by Crippen LogP contribution is 2.32. The first-order valence-corrected chi connectivity index (χ1v) is 6.90. The molecule has 5 heteroatoms. The average molecular weight is 266 g/mol. The first-order valence-electron chi connectivity index (χ1n) is 5.91. The molecule has 1 amide bonds. The van der Waals surface area contributed by atoms with E-state index in [0.29, 0.717) is 13.1 Å². The summed E-state index contributed by atoms with van der Waals surface area (Å²) in [6.45, 7) is 5.64. The molecule has 1 saturated heterocycles. The van der Waals surface area contributed by atoms with E-state index in [1.54, 1.807) is 23.1 Å². The van der Waals surface area contributed by atoms with Crippen LogP contribution in [-0.2, 0) is 0 Å². The molecule has 1 aromatic carbocycles. The van der Waals surface area contributed by atoms with Crippen LogP contribution in [0.15, 0.2) is 18.2 Å². The fourth-order valence-corrected chi connectivity index (χ4v) is 3.21. The quantitative estimate of drug-likeness (QED) is 0.602. The number of amides is 1. The highest BCUT2D eigenvalue weighted by atomic mass is 32.2. The minimum atomic E-state index is -0.145. The van der Waals surface area contributed by atoms with Gasteiger partial charge in [0.05, 0.1) is 11.3 Å². The molecule has 0 radical (unpaired) electrons. The van der Waals surface area contributed by atoms with Gasteiger partial charge in [0.15, 0.2) is 5.75 Å². The lowest BCUT2D eigenvalue weighted by atomic mass is 10.1. The van der Waals surface area contributed by atoms with E-state index in [-0.39, 0.29) is 27.7 Å². The number of carbonyl (C=O) groups excluding carboxylic acids is 1. The van der Waals surface area contributed by atoms with E-state index in [1.807, 2.05) is 11.8 Å². The first kappa shape index (κ1) is 13.1. The van der Waals surface area contributed by atoms with Gasteiger partial charge in [-0.25, -0.2) is 0 Å². The van der Waals surface area contributed by atoms with Crippen molar-refractivity contribution in [3.05, 3.63) is 23.8 Å². The lowest BCUT2D eigenvalue weighted by molar-refractivity contribution is 0.0745. The van der Waals surface area contributed by atoms with Crippen molar-refractivity contribution in [3.63, 3.8) is 0 Å². The van der Waals surface area contributed by atoms with Crippen molar-refractivity contribution in [1.82, 2.24) is 4.90 Å². The van der Waals surface area contributed by atoms with Crippen molar-refractivity contribution in [1.29, 1.82) is 0 Å². The number of anilines is 1. The van der Waals surface area contributed by atoms with Crippen LogP contribution in [0, 0.1) is 0 Å². The summed E-state index contributed by atoms with van der Waals surface area (Å²) in [6, 6.07) is 4.89. The van der Waals surface area contributed by atoms with Crippen molar-refractivity contribution < 1.29 is 9.90 Å². The first-order chi connectivity index (χ1) is 8.41. The number of benzene rings is 1. The third-order valence-corrected chi connectivity index (χ3v) is 4.31. The Morgan fingerprint density at radius 3 is 2.89 bits per heavy atom. The van der Waals surface area contributed by atoms with Gasteiger partial charge >= 0.3 is 0 Å². The van der Waals surface area contributed by atoms with Gasteiger partial charge < -0.3 is 15.7 Å². The maximum atomic E-state index is 12.4. The van der Waals surface area contributed by atoms with Crippen molar-refractivity contribution in [3.8, 4) is 5.75 Å². The van der Waals surface area contributed by atoms with Gasteiger partial charge in [0, 0.05) is 23.6 Å². The number of hydrogen-bond donors (Lipinski definition) is 2. The monoisotopic (exact) mass is 266 g/mol. The van der Waals surface area contributed by atoms with Crippen LogP contribution in [0.25, 0.3) is 0 Å². The molecule has 0 aromatic heterocycles. The third-order valence-electron chi connectivity index (χ3n) is 3.01. The van der Waals surface area contributed by atoms with E-state index in [9.17, 15) is 9.90 Å². The lowest BCUT2D eigenvalue weighted by Gasteiger charge is -2.37. The summed E-state index contributed by atoms with van der Waals surface area (Å²) in [5, 5.41) is 9.85. The fourth-order valence-electron chi connectivity index (χ4n) is 2.09. The SMILES string of the molecule is CC1(C)CN(C(=O)c2cccc(N)c2O)CCS1. The van der Waals surface area contributed by atoms with E-state index in [1.165, 1.54) is 0 Å². The largest absolute Gasteiger partial charge is 0.505 e. The zero-order valence-electron chi connectivity index (χ0n) is 10.6. The molecule has 0 spiro atoms. The summed E-state index contributed by atoms with van der Waals surface area (Å²) in [5.74, 6) is 0.661. The van der Waals surface area contributed by atoms with Crippen molar-refractivity contribution >= 4 is 23.4 Å². The van der Waals surface area contributed by atoms with Gasteiger partial charge in [0.2, 0.25) is 0 Å². The molecule has 0 aliphatic carbocycles. The molecule has 0 bridgehead atoms. The van der Waals surface area contributed by atoms with Crippen LogP contribution >= 0.6 is 11.8 Å². The maximum Gasteiger partial charge on any atom is 0.257 e. The summed E-state index contributed by atoms with van der Waals surface area (Å²) < 4.78 is 0.0594. The number of thioether (sulfide) groups is 1. The second-order valence-electron chi connectivity index (χ2n) is 5.08. The van der Waals surface area contributed by atoms with Gasteiger partial charge in [0.1, 0.15) is 0 Å². The summed E-state index contributed by atoms with van der Waals surface area (Å²) in [6.07, 6.45) is 0. The normalized spacial score (nSPS) is 18.7. The van der Waals surface area contributed by atoms with E-state index >= 15 is 0 Å². The molecule has 0 saturated carbocycles. The number of hydrogen-bond acceptors (Lipinski definition) is 4. The second-order valence-corrected chi connectivity index (χ2v) is 6.88. The highest BCUT2D eigenvalue weighted by molar-refractivity contribution is 8.00. The molecule has 1 heterocycles. The lowest BCUT2D eigenvalue weighted by Crippen LogP contribution is -2.46. The van der Waals surface area contributed by atoms with E-state index < -0.39 is 0 Å². The Morgan fingerprint density at radius 1 is 1.50 bits per heavy atom. The van der Waals surface area contributed by atoms with Gasteiger partial charge in [0.25, 0.3) is 5.91 Å². The predicted octanol–water partition coefficient (Wildman–Crippen LogP) is 1.94. The Kier molecular flexibility index (Phi) is 3.43. The molecule has 0 unspecified atom stereocenters. The predicted molar refractivity (Wildman–Crippen MR) is 75.0 cm³/mol. The molecule has 3 N–H and O–H groups in total. The molecule has 1 aromatic rings. The highest BCUT2D eigenvalue weighted by Gasteiger charge is 2.31. The molecule has 4 nitrogen and oxygen atoms in total.